The third kappa shape index (κ3) is 2.38. The minimum absolute atomic E-state index is 0.515. The maximum Gasteiger partial charge on any atom is 0.245 e. The topological polar surface area (TPSA) is 64.7 Å². The van der Waals surface area contributed by atoms with E-state index >= 15 is 0 Å². The standard InChI is InChI=1S/C15H23N7/c1-20-13(5-9-16-20)11-22-14(17-18-19-22)21-10-8-15(12-21)6-3-2-4-7-15/h5,9H,2-4,6-8,10-12H2,1H3. The van der Waals surface area contributed by atoms with Gasteiger partial charge in [0.05, 0.1) is 12.2 Å². The van der Waals surface area contributed by atoms with Gasteiger partial charge < -0.3 is 4.90 Å². The van der Waals surface area contributed by atoms with E-state index < -0.39 is 0 Å². The molecule has 4 rings (SSSR count). The van der Waals surface area contributed by atoms with E-state index in [1.807, 2.05) is 28.7 Å². The average Bonchev–Trinajstić information content (AvgIpc) is 3.23. The van der Waals surface area contributed by atoms with Crippen molar-refractivity contribution in [1.82, 2.24) is 30.0 Å². The van der Waals surface area contributed by atoms with Crippen LogP contribution in [0.1, 0.15) is 44.2 Å². The van der Waals surface area contributed by atoms with E-state index in [1.54, 1.807) is 0 Å². The van der Waals surface area contributed by atoms with Crippen LogP contribution < -0.4 is 4.90 Å². The lowest BCUT2D eigenvalue weighted by Crippen LogP contribution is -2.30. The highest BCUT2D eigenvalue weighted by molar-refractivity contribution is 5.32. The summed E-state index contributed by atoms with van der Waals surface area (Å²) in [5, 5.41) is 16.6. The zero-order valence-electron chi connectivity index (χ0n) is 13.1. The van der Waals surface area contributed by atoms with E-state index in [1.165, 1.54) is 38.5 Å². The summed E-state index contributed by atoms with van der Waals surface area (Å²) in [7, 11) is 1.95. The molecule has 0 unspecified atom stereocenters. The summed E-state index contributed by atoms with van der Waals surface area (Å²) in [6, 6.07) is 2.01. The molecule has 7 heteroatoms. The number of hydrogen-bond donors (Lipinski definition) is 0. The molecule has 0 radical (unpaired) electrons. The van der Waals surface area contributed by atoms with Crippen LogP contribution >= 0.6 is 0 Å². The minimum atomic E-state index is 0.515. The molecule has 1 saturated heterocycles. The predicted octanol–water partition coefficient (Wildman–Crippen LogP) is 1.62. The summed E-state index contributed by atoms with van der Waals surface area (Å²) < 4.78 is 3.77. The Morgan fingerprint density at radius 1 is 1.18 bits per heavy atom. The van der Waals surface area contributed by atoms with Crippen molar-refractivity contribution in [2.75, 3.05) is 18.0 Å². The van der Waals surface area contributed by atoms with Crippen molar-refractivity contribution in [3.8, 4) is 0 Å². The third-order valence-electron chi connectivity index (χ3n) is 5.38. The molecule has 2 aliphatic rings. The molecule has 0 aromatic carbocycles. The molecule has 1 spiro atoms. The fourth-order valence-electron chi connectivity index (χ4n) is 4.05. The van der Waals surface area contributed by atoms with Gasteiger partial charge in [0, 0.05) is 26.3 Å². The molecule has 0 atom stereocenters. The van der Waals surface area contributed by atoms with Crippen molar-refractivity contribution in [3.63, 3.8) is 0 Å². The molecule has 3 heterocycles. The lowest BCUT2D eigenvalue weighted by molar-refractivity contribution is 0.218. The summed E-state index contributed by atoms with van der Waals surface area (Å²) in [6.45, 7) is 2.85. The highest BCUT2D eigenvalue weighted by Gasteiger charge is 2.40. The second-order valence-corrected chi connectivity index (χ2v) is 6.81. The van der Waals surface area contributed by atoms with Crippen LogP contribution in [0.2, 0.25) is 0 Å². The van der Waals surface area contributed by atoms with Gasteiger partial charge in [0.1, 0.15) is 0 Å². The number of hydrogen-bond acceptors (Lipinski definition) is 5. The van der Waals surface area contributed by atoms with E-state index in [9.17, 15) is 0 Å². The maximum absolute atomic E-state index is 4.28. The van der Waals surface area contributed by atoms with E-state index in [4.69, 9.17) is 0 Å². The van der Waals surface area contributed by atoms with Crippen molar-refractivity contribution in [1.29, 1.82) is 0 Å². The van der Waals surface area contributed by atoms with Crippen LogP contribution in [-0.2, 0) is 13.6 Å². The van der Waals surface area contributed by atoms with Crippen molar-refractivity contribution in [2.45, 2.75) is 45.1 Å². The van der Waals surface area contributed by atoms with Crippen molar-refractivity contribution in [3.05, 3.63) is 18.0 Å². The van der Waals surface area contributed by atoms with Crippen LogP contribution in [0, 0.1) is 5.41 Å². The lowest BCUT2D eigenvalue weighted by atomic mass is 9.73. The van der Waals surface area contributed by atoms with E-state index in [-0.39, 0.29) is 0 Å². The zero-order chi connectivity index (χ0) is 15.0. The molecule has 22 heavy (non-hydrogen) atoms. The van der Waals surface area contributed by atoms with Gasteiger partial charge in [0.25, 0.3) is 0 Å². The van der Waals surface area contributed by atoms with Gasteiger partial charge in [-0.05, 0) is 41.2 Å². The fourth-order valence-corrected chi connectivity index (χ4v) is 4.05. The normalized spacial score (nSPS) is 20.9. The summed E-state index contributed by atoms with van der Waals surface area (Å²) in [5.41, 5.74) is 1.63. The summed E-state index contributed by atoms with van der Waals surface area (Å²) >= 11 is 0. The van der Waals surface area contributed by atoms with Crippen LogP contribution in [0.4, 0.5) is 5.95 Å². The summed E-state index contributed by atoms with van der Waals surface area (Å²) in [5.74, 6) is 0.906. The molecule has 0 N–H and O–H groups in total. The summed E-state index contributed by atoms with van der Waals surface area (Å²) in [4.78, 5) is 2.38. The number of tetrazole rings is 1. The number of anilines is 1. The van der Waals surface area contributed by atoms with Gasteiger partial charge in [-0.2, -0.15) is 5.10 Å². The highest BCUT2D eigenvalue weighted by atomic mass is 15.6. The van der Waals surface area contributed by atoms with Gasteiger partial charge in [-0.15, -0.1) is 0 Å². The lowest BCUT2D eigenvalue weighted by Gasteiger charge is -2.33. The van der Waals surface area contributed by atoms with Crippen molar-refractivity contribution in [2.24, 2.45) is 12.5 Å². The Bertz CT molecular complexity index is 638. The largest absolute Gasteiger partial charge is 0.339 e. The molecular formula is C15H23N7. The summed E-state index contributed by atoms with van der Waals surface area (Å²) in [6.07, 6.45) is 10.00. The molecule has 1 saturated carbocycles. The number of nitrogens with zero attached hydrogens (tertiary/aromatic N) is 7. The number of rotatable bonds is 3. The van der Waals surface area contributed by atoms with Gasteiger partial charge >= 0.3 is 0 Å². The maximum atomic E-state index is 4.28. The SMILES string of the molecule is Cn1nccc1Cn1nnnc1N1CCC2(CCCCC2)C1. The first-order valence-corrected chi connectivity index (χ1v) is 8.24. The smallest absolute Gasteiger partial charge is 0.245 e. The quantitative estimate of drug-likeness (QED) is 0.862. The van der Waals surface area contributed by atoms with Gasteiger partial charge in [0.15, 0.2) is 0 Å². The van der Waals surface area contributed by atoms with Crippen LogP contribution in [-0.4, -0.2) is 43.1 Å². The molecule has 0 bridgehead atoms. The first-order chi connectivity index (χ1) is 10.8. The van der Waals surface area contributed by atoms with Gasteiger partial charge in [-0.25, -0.2) is 4.68 Å². The van der Waals surface area contributed by atoms with Crippen LogP contribution in [0.5, 0.6) is 0 Å². The molecule has 118 valence electrons. The zero-order valence-corrected chi connectivity index (χ0v) is 13.1. The van der Waals surface area contributed by atoms with Crippen molar-refractivity contribution >= 4 is 5.95 Å². The van der Waals surface area contributed by atoms with Gasteiger partial charge in [0.2, 0.25) is 5.95 Å². The molecule has 2 aromatic rings. The second-order valence-electron chi connectivity index (χ2n) is 6.81. The molecule has 7 nitrogen and oxygen atoms in total. The van der Waals surface area contributed by atoms with Crippen LogP contribution in [0.25, 0.3) is 0 Å². The third-order valence-corrected chi connectivity index (χ3v) is 5.38. The van der Waals surface area contributed by atoms with Crippen LogP contribution in [0.15, 0.2) is 12.3 Å². The van der Waals surface area contributed by atoms with Crippen LogP contribution in [0.3, 0.4) is 0 Å². The average molecular weight is 301 g/mol. The molecule has 2 fully saturated rings. The number of aromatic nitrogens is 6. The molecule has 0 amide bonds. The van der Waals surface area contributed by atoms with E-state index in [2.05, 4.69) is 25.5 Å². The predicted molar refractivity (Wildman–Crippen MR) is 82.5 cm³/mol. The Hall–Kier alpha value is -1.92. The molecule has 1 aliphatic carbocycles. The van der Waals surface area contributed by atoms with Gasteiger partial charge in [-0.1, -0.05) is 24.4 Å². The Balaban J connectivity index is 1.52. The fraction of sp³-hybridized carbons (Fsp3) is 0.733. The molecular weight excluding hydrogens is 278 g/mol. The van der Waals surface area contributed by atoms with E-state index in [0.29, 0.717) is 12.0 Å². The minimum Gasteiger partial charge on any atom is -0.339 e. The Morgan fingerprint density at radius 2 is 2.05 bits per heavy atom. The number of aryl methyl sites for hydroxylation is 1. The first kappa shape index (κ1) is 13.7. The first-order valence-electron chi connectivity index (χ1n) is 8.24. The highest BCUT2D eigenvalue weighted by Crippen LogP contribution is 2.44. The Labute approximate surface area is 130 Å². The Morgan fingerprint density at radius 3 is 2.82 bits per heavy atom. The van der Waals surface area contributed by atoms with Gasteiger partial charge in [-0.3, -0.25) is 4.68 Å². The van der Waals surface area contributed by atoms with E-state index in [0.717, 1.165) is 24.7 Å². The second kappa shape index (κ2) is 5.37. The monoisotopic (exact) mass is 301 g/mol. The van der Waals surface area contributed by atoms with Crippen molar-refractivity contribution < 1.29 is 0 Å². The molecule has 1 aliphatic heterocycles. The molecule has 2 aromatic heterocycles. The Kier molecular flexibility index (Phi) is 3.35.